The fraction of sp³-hybridized carbons (Fsp3) is 0.619. The number of urea groups is 1. The summed E-state index contributed by atoms with van der Waals surface area (Å²) in [4.78, 5) is 25.3. The fourth-order valence-corrected chi connectivity index (χ4v) is 2.86. The molecule has 158 valence electrons. The molecule has 0 radical (unpaired) electrons. The SMILES string of the molecule is CCOC(=O)CCCCCCNC(=O)NCC(c1ccc(OC)cc1)N(C)C. The van der Waals surface area contributed by atoms with Crippen molar-refractivity contribution in [1.82, 2.24) is 15.5 Å². The van der Waals surface area contributed by atoms with Crippen molar-refractivity contribution in [3.63, 3.8) is 0 Å². The average Bonchev–Trinajstić information content (AvgIpc) is 2.67. The van der Waals surface area contributed by atoms with Gasteiger partial charge in [-0.15, -0.1) is 0 Å². The minimum absolute atomic E-state index is 0.0829. The van der Waals surface area contributed by atoms with Crippen molar-refractivity contribution >= 4 is 12.0 Å². The molecule has 0 aliphatic rings. The summed E-state index contributed by atoms with van der Waals surface area (Å²) in [6.07, 6.45) is 4.14. The molecular formula is C21H35N3O4. The van der Waals surface area contributed by atoms with E-state index < -0.39 is 0 Å². The van der Waals surface area contributed by atoms with E-state index in [2.05, 4.69) is 15.5 Å². The van der Waals surface area contributed by atoms with E-state index in [1.807, 2.05) is 45.3 Å². The van der Waals surface area contributed by atoms with Gasteiger partial charge in [-0.25, -0.2) is 4.79 Å². The zero-order valence-electron chi connectivity index (χ0n) is 17.6. The van der Waals surface area contributed by atoms with Crippen molar-refractivity contribution in [1.29, 1.82) is 0 Å². The van der Waals surface area contributed by atoms with Crippen molar-refractivity contribution in [2.24, 2.45) is 0 Å². The van der Waals surface area contributed by atoms with Crippen LogP contribution in [0.4, 0.5) is 4.79 Å². The Labute approximate surface area is 168 Å². The lowest BCUT2D eigenvalue weighted by molar-refractivity contribution is -0.143. The van der Waals surface area contributed by atoms with Gasteiger partial charge in [-0.1, -0.05) is 25.0 Å². The summed E-state index contributed by atoms with van der Waals surface area (Å²) >= 11 is 0. The third kappa shape index (κ3) is 9.60. The number of amides is 2. The van der Waals surface area contributed by atoms with Gasteiger partial charge in [0.25, 0.3) is 0 Å². The highest BCUT2D eigenvalue weighted by atomic mass is 16.5. The summed E-state index contributed by atoms with van der Waals surface area (Å²) in [5, 5.41) is 5.82. The topological polar surface area (TPSA) is 79.9 Å². The van der Waals surface area contributed by atoms with Crippen molar-refractivity contribution in [2.75, 3.05) is 40.9 Å². The molecule has 0 spiro atoms. The Morgan fingerprint density at radius 1 is 1.04 bits per heavy atom. The third-order valence-corrected chi connectivity index (χ3v) is 4.48. The lowest BCUT2D eigenvalue weighted by Gasteiger charge is -2.25. The van der Waals surface area contributed by atoms with Gasteiger partial charge in [-0.05, 0) is 51.6 Å². The van der Waals surface area contributed by atoms with Gasteiger partial charge in [-0.2, -0.15) is 0 Å². The molecule has 0 aromatic heterocycles. The number of nitrogens with zero attached hydrogens (tertiary/aromatic N) is 1. The first kappa shape index (κ1) is 23.8. The molecule has 1 aromatic carbocycles. The van der Waals surface area contributed by atoms with E-state index in [0.717, 1.165) is 37.0 Å². The minimum Gasteiger partial charge on any atom is -0.497 e. The van der Waals surface area contributed by atoms with E-state index in [4.69, 9.17) is 9.47 Å². The molecule has 0 aliphatic carbocycles. The Kier molecular flexibility index (Phi) is 11.7. The monoisotopic (exact) mass is 393 g/mol. The molecule has 1 aromatic rings. The first-order valence-electron chi connectivity index (χ1n) is 9.95. The maximum atomic E-state index is 12.0. The lowest BCUT2D eigenvalue weighted by Crippen LogP contribution is -2.40. The number of carbonyl (C=O) groups excluding carboxylic acids is 2. The van der Waals surface area contributed by atoms with E-state index in [-0.39, 0.29) is 18.0 Å². The summed E-state index contributed by atoms with van der Waals surface area (Å²) in [7, 11) is 5.63. The van der Waals surface area contributed by atoms with Crippen molar-refractivity contribution in [2.45, 2.75) is 45.1 Å². The number of hydrogen-bond donors (Lipinski definition) is 2. The van der Waals surface area contributed by atoms with E-state index in [9.17, 15) is 9.59 Å². The zero-order valence-corrected chi connectivity index (χ0v) is 17.6. The molecule has 7 heteroatoms. The van der Waals surface area contributed by atoms with Crippen LogP contribution in [0.3, 0.4) is 0 Å². The number of nitrogens with one attached hydrogen (secondary N) is 2. The van der Waals surface area contributed by atoms with E-state index in [0.29, 0.717) is 26.1 Å². The smallest absolute Gasteiger partial charge is 0.314 e. The molecule has 0 bridgehead atoms. The average molecular weight is 394 g/mol. The first-order valence-corrected chi connectivity index (χ1v) is 9.95. The van der Waals surface area contributed by atoms with Crippen molar-refractivity contribution in [3.8, 4) is 5.75 Å². The largest absolute Gasteiger partial charge is 0.497 e. The van der Waals surface area contributed by atoms with Gasteiger partial charge in [0, 0.05) is 19.5 Å². The summed E-state index contributed by atoms with van der Waals surface area (Å²) in [5.41, 5.74) is 1.12. The number of unbranched alkanes of at least 4 members (excludes halogenated alkanes) is 3. The number of rotatable bonds is 13. The van der Waals surface area contributed by atoms with Gasteiger partial charge in [0.15, 0.2) is 0 Å². The van der Waals surface area contributed by atoms with Crippen LogP contribution in [0.1, 0.15) is 50.6 Å². The standard InChI is InChI=1S/C21H35N3O4/c1-5-28-20(25)10-8-6-7-9-15-22-21(26)23-16-19(24(2)3)17-11-13-18(27-4)14-12-17/h11-14,19H,5-10,15-16H2,1-4H3,(H2,22,23,26). The highest BCUT2D eigenvalue weighted by Gasteiger charge is 2.15. The Hall–Kier alpha value is -2.28. The van der Waals surface area contributed by atoms with Gasteiger partial charge >= 0.3 is 12.0 Å². The second kappa shape index (κ2) is 13.8. The molecular weight excluding hydrogens is 358 g/mol. The summed E-state index contributed by atoms with van der Waals surface area (Å²) in [6, 6.07) is 7.80. The number of methoxy groups -OCH3 is 1. The predicted octanol–water partition coefficient (Wildman–Crippen LogP) is 3.11. The van der Waals surface area contributed by atoms with E-state index in [1.165, 1.54) is 0 Å². The van der Waals surface area contributed by atoms with Crippen LogP contribution in [0.2, 0.25) is 0 Å². The van der Waals surface area contributed by atoms with Gasteiger partial charge in [0.1, 0.15) is 5.75 Å². The van der Waals surface area contributed by atoms with E-state index >= 15 is 0 Å². The number of esters is 1. The molecule has 0 saturated heterocycles. The molecule has 0 fully saturated rings. The number of carbonyl (C=O) groups is 2. The maximum absolute atomic E-state index is 12.0. The second-order valence-electron chi connectivity index (χ2n) is 6.86. The van der Waals surface area contributed by atoms with Gasteiger partial charge in [0.05, 0.1) is 19.8 Å². The Morgan fingerprint density at radius 2 is 1.71 bits per heavy atom. The van der Waals surface area contributed by atoms with E-state index in [1.54, 1.807) is 7.11 Å². The summed E-state index contributed by atoms with van der Waals surface area (Å²) < 4.78 is 10.1. The maximum Gasteiger partial charge on any atom is 0.314 e. The number of benzene rings is 1. The van der Waals surface area contributed by atoms with Gasteiger partial charge in [-0.3, -0.25) is 4.79 Å². The second-order valence-corrected chi connectivity index (χ2v) is 6.86. The molecule has 0 aliphatic heterocycles. The van der Waals surface area contributed by atoms with Crippen molar-refractivity contribution < 1.29 is 19.1 Å². The molecule has 7 nitrogen and oxygen atoms in total. The molecule has 1 unspecified atom stereocenters. The number of likely N-dealkylation sites (N-methyl/N-ethyl adjacent to an activating group) is 1. The summed E-state index contributed by atoms with van der Waals surface area (Å²) in [5.74, 6) is 0.682. The highest BCUT2D eigenvalue weighted by molar-refractivity contribution is 5.73. The Balaban J connectivity index is 2.22. The third-order valence-electron chi connectivity index (χ3n) is 4.48. The van der Waals surface area contributed by atoms with Crippen LogP contribution in [0.25, 0.3) is 0 Å². The van der Waals surface area contributed by atoms with Crippen LogP contribution in [0.5, 0.6) is 5.75 Å². The van der Waals surface area contributed by atoms with Crippen LogP contribution in [0, 0.1) is 0 Å². The van der Waals surface area contributed by atoms with Crippen LogP contribution < -0.4 is 15.4 Å². The fourth-order valence-electron chi connectivity index (χ4n) is 2.86. The predicted molar refractivity (Wildman–Crippen MR) is 111 cm³/mol. The molecule has 0 heterocycles. The molecule has 1 atom stereocenters. The van der Waals surface area contributed by atoms with Gasteiger partial charge < -0.3 is 25.0 Å². The Morgan fingerprint density at radius 3 is 2.32 bits per heavy atom. The number of hydrogen-bond acceptors (Lipinski definition) is 5. The van der Waals surface area contributed by atoms with Gasteiger partial charge in [0.2, 0.25) is 0 Å². The molecule has 2 N–H and O–H groups in total. The normalized spacial score (nSPS) is 11.8. The molecule has 28 heavy (non-hydrogen) atoms. The quantitative estimate of drug-likeness (QED) is 0.398. The molecule has 2 amide bonds. The van der Waals surface area contributed by atoms with Crippen LogP contribution in [0.15, 0.2) is 24.3 Å². The summed E-state index contributed by atoms with van der Waals surface area (Å²) in [6.45, 7) is 3.39. The zero-order chi connectivity index (χ0) is 20.8. The Bertz CT molecular complexity index is 576. The minimum atomic E-state index is -0.160. The molecule has 1 rings (SSSR count). The van der Waals surface area contributed by atoms with Crippen LogP contribution in [-0.2, 0) is 9.53 Å². The lowest BCUT2D eigenvalue weighted by atomic mass is 10.1. The molecule has 0 saturated carbocycles. The highest BCUT2D eigenvalue weighted by Crippen LogP contribution is 2.20. The van der Waals surface area contributed by atoms with Crippen molar-refractivity contribution in [3.05, 3.63) is 29.8 Å². The van der Waals surface area contributed by atoms with Crippen LogP contribution >= 0.6 is 0 Å². The van der Waals surface area contributed by atoms with Crippen LogP contribution in [-0.4, -0.2) is 57.8 Å². The first-order chi connectivity index (χ1) is 13.5. The number of ether oxygens (including phenoxy) is 2.